The van der Waals surface area contributed by atoms with Crippen LogP contribution in [0.5, 0.6) is 0 Å². The lowest BCUT2D eigenvalue weighted by Crippen LogP contribution is -2.53. The van der Waals surface area contributed by atoms with Gasteiger partial charge in [-0.05, 0) is 19.3 Å². The molecule has 112 valence electrons. The number of nitrogens with zero attached hydrogens (tertiary/aromatic N) is 1. The zero-order valence-corrected chi connectivity index (χ0v) is 11.0. The molecule has 7 heteroatoms. The monoisotopic (exact) mass is 282 g/mol. The van der Waals surface area contributed by atoms with Gasteiger partial charge in [-0.15, -0.1) is 0 Å². The molecular weight excluding hydrogens is 261 g/mol. The first-order valence-electron chi connectivity index (χ1n) is 6.59. The van der Waals surface area contributed by atoms with Crippen molar-refractivity contribution < 1.29 is 23.1 Å². The van der Waals surface area contributed by atoms with E-state index < -0.39 is 18.1 Å². The van der Waals surface area contributed by atoms with Gasteiger partial charge in [0.15, 0.2) is 0 Å². The van der Waals surface area contributed by atoms with Crippen LogP contribution in [0.25, 0.3) is 0 Å². The van der Waals surface area contributed by atoms with Crippen molar-refractivity contribution in [1.82, 2.24) is 10.2 Å². The quantitative estimate of drug-likeness (QED) is 0.795. The number of alkyl halides is 3. The predicted molar refractivity (Wildman–Crippen MR) is 64.5 cm³/mol. The molecule has 0 aromatic carbocycles. The molecular formula is C12H21F3N2O2. The fourth-order valence-electron chi connectivity index (χ4n) is 2.29. The summed E-state index contributed by atoms with van der Waals surface area (Å²) in [5.74, 6) is -1.58. The summed E-state index contributed by atoms with van der Waals surface area (Å²) in [7, 11) is 0. The summed E-state index contributed by atoms with van der Waals surface area (Å²) < 4.78 is 37.5. The standard InChI is InChI=1S/C12H21F3N2O2/c1-2-5-17(6-7-18)11(19)10-4-3-9(8-16-10)12(13,14)15/h9-10,16,18H,2-8H2,1H3. The lowest BCUT2D eigenvalue weighted by molar-refractivity contribution is -0.180. The second-order valence-electron chi connectivity index (χ2n) is 4.83. The fraction of sp³-hybridized carbons (Fsp3) is 0.917. The van der Waals surface area contributed by atoms with Crippen molar-refractivity contribution in [3.63, 3.8) is 0 Å². The molecule has 0 bridgehead atoms. The molecule has 0 saturated carbocycles. The predicted octanol–water partition coefficient (Wildman–Crippen LogP) is 1.15. The topological polar surface area (TPSA) is 52.6 Å². The summed E-state index contributed by atoms with van der Waals surface area (Å²) in [4.78, 5) is 13.6. The molecule has 2 unspecified atom stereocenters. The van der Waals surface area contributed by atoms with Crippen molar-refractivity contribution in [3.05, 3.63) is 0 Å². The van der Waals surface area contributed by atoms with Crippen LogP contribution in [0.1, 0.15) is 26.2 Å². The highest BCUT2D eigenvalue weighted by atomic mass is 19.4. The smallest absolute Gasteiger partial charge is 0.393 e. The van der Waals surface area contributed by atoms with Gasteiger partial charge in [-0.1, -0.05) is 6.92 Å². The van der Waals surface area contributed by atoms with E-state index in [4.69, 9.17) is 5.11 Å². The van der Waals surface area contributed by atoms with Crippen molar-refractivity contribution in [3.8, 4) is 0 Å². The SMILES string of the molecule is CCCN(CCO)C(=O)C1CCC(C(F)(F)F)CN1. The maximum absolute atomic E-state index is 12.5. The Bertz CT molecular complexity index is 283. The van der Waals surface area contributed by atoms with Crippen LogP contribution >= 0.6 is 0 Å². The van der Waals surface area contributed by atoms with Crippen LogP contribution in [-0.4, -0.2) is 54.4 Å². The van der Waals surface area contributed by atoms with E-state index in [0.717, 1.165) is 6.42 Å². The molecule has 0 radical (unpaired) electrons. The molecule has 0 aromatic heterocycles. The van der Waals surface area contributed by atoms with Gasteiger partial charge in [0.25, 0.3) is 0 Å². The fourth-order valence-corrected chi connectivity index (χ4v) is 2.29. The third-order valence-electron chi connectivity index (χ3n) is 3.35. The van der Waals surface area contributed by atoms with Gasteiger partial charge in [-0.25, -0.2) is 0 Å². The molecule has 19 heavy (non-hydrogen) atoms. The molecule has 1 rings (SSSR count). The van der Waals surface area contributed by atoms with Gasteiger partial charge in [0.2, 0.25) is 5.91 Å². The van der Waals surface area contributed by atoms with E-state index in [9.17, 15) is 18.0 Å². The Morgan fingerprint density at radius 1 is 1.37 bits per heavy atom. The zero-order chi connectivity index (χ0) is 14.5. The largest absolute Gasteiger partial charge is 0.395 e. The Morgan fingerprint density at radius 3 is 2.47 bits per heavy atom. The Kier molecular flexibility index (Phi) is 6.06. The van der Waals surface area contributed by atoms with Crippen LogP contribution in [-0.2, 0) is 4.79 Å². The number of piperidine rings is 1. The van der Waals surface area contributed by atoms with E-state index in [0.29, 0.717) is 6.54 Å². The molecule has 0 aromatic rings. The van der Waals surface area contributed by atoms with E-state index in [1.165, 1.54) is 4.90 Å². The molecule has 4 nitrogen and oxygen atoms in total. The summed E-state index contributed by atoms with van der Waals surface area (Å²) >= 11 is 0. The molecule has 0 spiro atoms. The maximum Gasteiger partial charge on any atom is 0.393 e. The maximum atomic E-state index is 12.5. The number of carbonyl (C=O) groups is 1. The average molecular weight is 282 g/mol. The Balaban J connectivity index is 2.51. The van der Waals surface area contributed by atoms with Gasteiger partial charge in [0.05, 0.1) is 18.6 Å². The van der Waals surface area contributed by atoms with Crippen molar-refractivity contribution in [2.45, 2.75) is 38.4 Å². The summed E-state index contributed by atoms with van der Waals surface area (Å²) in [6, 6.07) is -0.559. The molecule has 1 fully saturated rings. The van der Waals surface area contributed by atoms with Crippen LogP contribution in [0.2, 0.25) is 0 Å². The third kappa shape index (κ3) is 4.65. The van der Waals surface area contributed by atoms with Gasteiger partial charge < -0.3 is 15.3 Å². The van der Waals surface area contributed by atoms with Gasteiger partial charge >= 0.3 is 6.18 Å². The number of aliphatic hydroxyl groups is 1. The molecule has 2 N–H and O–H groups in total. The second-order valence-corrected chi connectivity index (χ2v) is 4.83. The Morgan fingerprint density at radius 2 is 2.05 bits per heavy atom. The second kappa shape index (κ2) is 7.09. The number of nitrogens with one attached hydrogen (secondary N) is 1. The lowest BCUT2D eigenvalue weighted by atomic mass is 9.93. The van der Waals surface area contributed by atoms with Crippen LogP contribution in [0, 0.1) is 5.92 Å². The third-order valence-corrected chi connectivity index (χ3v) is 3.35. The Hall–Kier alpha value is -0.820. The minimum Gasteiger partial charge on any atom is -0.395 e. The molecule has 1 heterocycles. The van der Waals surface area contributed by atoms with Gasteiger partial charge in [0, 0.05) is 19.6 Å². The van der Waals surface area contributed by atoms with E-state index in [2.05, 4.69) is 5.32 Å². The summed E-state index contributed by atoms with van der Waals surface area (Å²) in [5.41, 5.74) is 0. The van der Waals surface area contributed by atoms with Crippen LogP contribution in [0.4, 0.5) is 13.2 Å². The summed E-state index contributed by atoms with van der Waals surface area (Å²) in [6.07, 6.45) is -3.28. The highest BCUT2D eigenvalue weighted by molar-refractivity contribution is 5.82. The first-order valence-corrected chi connectivity index (χ1v) is 6.59. The summed E-state index contributed by atoms with van der Waals surface area (Å²) in [6.45, 7) is 2.31. The molecule has 1 aliphatic heterocycles. The minimum atomic E-state index is -4.20. The molecule has 1 aliphatic rings. The van der Waals surface area contributed by atoms with Gasteiger partial charge in [-0.3, -0.25) is 4.79 Å². The van der Waals surface area contributed by atoms with Gasteiger partial charge in [-0.2, -0.15) is 13.2 Å². The van der Waals surface area contributed by atoms with Crippen LogP contribution < -0.4 is 5.32 Å². The molecule has 0 aliphatic carbocycles. The van der Waals surface area contributed by atoms with Crippen molar-refractivity contribution >= 4 is 5.91 Å². The summed E-state index contributed by atoms with van der Waals surface area (Å²) in [5, 5.41) is 11.6. The number of hydrogen-bond acceptors (Lipinski definition) is 3. The van der Waals surface area contributed by atoms with Crippen molar-refractivity contribution in [1.29, 1.82) is 0 Å². The molecule has 1 amide bonds. The number of amides is 1. The van der Waals surface area contributed by atoms with Gasteiger partial charge in [0.1, 0.15) is 0 Å². The minimum absolute atomic E-state index is 0.0218. The molecule has 2 atom stereocenters. The number of halogens is 3. The lowest BCUT2D eigenvalue weighted by Gasteiger charge is -2.33. The normalized spacial score (nSPS) is 24.3. The van der Waals surface area contributed by atoms with E-state index in [-0.39, 0.29) is 38.4 Å². The van der Waals surface area contributed by atoms with Crippen LogP contribution in [0.3, 0.4) is 0 Å². The molecule has 1 saturated heterocycles. The first kappa shape index (κ1) is 16.2. The first-order chi connectivity index (χ1) is 8.90. The van der Waals surface area contributed by atoms with E-state index in [1.807, 2.05) is 6.92 Å². The zero-order valence-electron chi connectivity index (χ0n) is 11.0. The highest BCUT2D eigenvalue weighted by Crippen LogP contribution is 2.32. The number of hydrogen-bond donors (Lipinski definition) is 2. The number of rotatable bonds is 5. The highest BCUT2D eigenvalue weighted by Gasteiger charge is 2.42. The van der Waals surface area contributed by atoms with E-state index in [1.54, 1.807) is 0 Å². The van der Waals surface area contributed by atoms with Crippen LogP contribution in [0.15, 0.2) is 0 Å². The number of aliphatic hydroxyl groups excluding tert-OH is 1. The van der Waals surface area contributed by atoms with E-state index >= 15 is 0 Å². The van der Waals surface area contributed by atoms with Crippen molar-refractivity contribution in [2.24, 2.45) is 5.92 Å². The Labute approximate surface area is 111 Å². The average Bonchev–Trinajstić information content (AvgIpc) is 2.37. The number of carbonyl (C=O) groups excluding carboxylic acids is 1. The van der Waals surface area contributed by atoms with Crippen molar-refractivity contribution in [2.75, 3.05) is 26.2 Å².